The van der Waals surface area contributed by atoms with Crippen LogP contribution in [0.15, 0.2) is 0 Å². The van der Waals surface area contributed by atoms with Crippen LogP contribution in [0.2, 0.25) is 0 Å². The molecule has 3 unspecified atom stereocenters. The molecule has 3 N–H and O–H groups in total. The quantitative estimate of drug-likeness (QED) is 0.789. The predicted octanol–water partition coefficient (Wildman–Crippen LogP) is 1.91. The van der Waals surface area contributed by atoms with Crippen LogP contribution >= 0.6 is 0 Å². The van der Waals surface area contributed by atoms with Gasteiger partial charge in [0.25, 0.3) is 0 Å². The lowest BCUT2D eigenvalue weighted by molar-refractivity contribution is 0.0520. The summed E-state index contributed by atoms with van der Waals surface area (Å²) in [6.45, 7) is 5.08. The Morgan fingerprint density at radius 1 is 1.18 bits per heavy atom. The predicted molar refractivity (Wildman–Crippen MR) is 70.9 cm³/mol. The van der Waals surface area contributed by atoms with E-state index in [0.29, 0.717) is 18.0 Å². The van der Waals surface area contributed by atoms with Gasteiger partial charge in [0.2, 0.25) is 0 Å². The standard InChI is InChI=1S/C14H28N2O/c1-11(12-6-8-17-9-7-12)16-14-5-3-2-4-13(14)10-15/h11-14,16H,2-10,15H2,1H3. The average Bonchev–Trinajstić information content (AvgIpc) is 2.40. The second-order valence-corrected chi connectivity index (χ2v) is 5.79. The van der Waals surface area contributed by atoms with Gasteiger partial charge in [0, 0.05) is 25.3 Å². The van der Waals surface area contributed by atoms with Crippen molar-refractivity contribution in [1.82, 2.24) is 5.32 Å². The van der Waals surface area contributed by atoms with Gasteiger partial charge in [0.15, 0.2) is 0 Å². The monoisotopic (exact) mass is 240 g/mol. The smallest absolute Gasteiger partial charge is 0.0469 e. The highest BCUT2D eigenvalue weighted by Crippen LogP contribution is 2.26. The van der Waals surface area contributed by atoms with Crippen LogP contribution in [0.5, 0.6) is 0 Å². The first kappa shape index (κ1) is 13.3. The molecule has 1 saturated carbocycles. The number of ether oxygens (including phenoxy) is 1. The maximum absolute atomic E-state index is 5.89. The highest BCUT2D eigenvalue weighted by Gasteiger charge is 2.28. The molecule has 1 heterocycles. The van der Waals surface area contributed by atoms with Crippen molar-refractivity contribution >= 4 is 0 Å². The molecular weight excluding hydrogens is 212 g/mol. The molecule has 0 amide bonds. The summed E-state index contributed by atoms with van der Waals surface area (Å²) in [5.74, 6) is 1.50. The molecule has 0 aromatic heterocycles. The Balaban J connectivity index is 1.81. The Bertz CT molecular complexity index is 216. The SMILES string of the molecule is CC(NC1CCCCC1CN)C1CCOCC1. The van der Waals surface area contributed by atoms with Crippen LogP contribution in [-0.2, 0) is 4.74 Å². The molecule has 17 heavy (non-hydrogen) atoms. The topological polar surface area (TPSA) is 47.3 Å². The number of nitrogens with two attached hydrogens (primary N) is 1. The van der Waals surface area contributed by atoms with E-state index in [1.807, 2.05) is 0 Å². The van der Waals surface area contributed by atoms with Crippen molar-refractivity contribution in [3.8, 4) is 0 Å². The molecule has 3 nitrogen and oxygen atoms in total. The van der Waals surface area contributed by atoms with Crippen molar-refractivity contribution in [2.75, 3.05) is 19.8 Å². The van der Waals surface area contributed by atoms with Crippen LogP contribution in [0.1, 0.15) is 45.4 Å². The fraction of sp³-hybridized carbons (Fsp3) is 1.00. The fourth-order valence-corrected chi connectivity index (χ4v) is 3.40. The Kier molecular flexibility index (Phi) is 5.26. The molecule has 1 aliphatic carbocycles. The van der Waals surface area contributed by atoms with Crippen LogP contribution in [0, 0.1) is 11.8 Å². The molecule has 0 spiro atoms. The van der Waals surface area contributed by atoms with Gasteiger partial charge in [-0.05, 0) is 51.0 Å². The van der Waals surface area contributed by atoms with Crippen molar-refractivity contribution in [3.05, 3.63) is 0 Å². The first-order valence-electron chi connectivity index (χ1n) is 7.35. The molecule has 3 atom stereocenters. The van der Waals surface area contributed by atoms with E-state index < -0.39 is 0 Å². The van der Waals surface area contributed by atoms with E-state index in [4.69, 9.17) is 10.5 Å². The Morgan fingerprint density at radius 2 is 1.88 bits per heavy atom. The molecule has 2 aliphatic rings. The molecule has 0 bridgehead atoms. The van der Waals surface area contributed by atoms with Crippen molar-refractivity contribution in [2.45, 2.75) is 57.5 Å². The average molecular weight is 240 g/mol. The van der Waals surface area contributed by atoms with Gasteiger partial charge in [-0.3, -0.25) is 0 Å². The molecular formula is C14H28N2O. The summed E-state index contributed by atoms with van der Waals surface area (Å²) in [5, 5.41) is 3.85. The molecule has 100 valence electrons. The summed E-state index contributed by atoms with van der Waals surface area (Å²) in [6, 6.07) is 1.28. The van der Waals surface area contributed by atoms with E-state index in [1.54, 1.807) is 0 Å². The fourth-order valence-electron chi connectivity index (χ4n) is 3.40. The minimum Gasteiger partial charge on any atom is -0.381 e. The molecule has 0 radical (unpaired) electrons. The van der Waals surface area contributed by atoms with E-state index in [9.17, 15) is 0 Å². The molecule has 0 aromatic carbocycles. The number of hydrogen-bond donors (Lipinski definition) is 2. The highest BCUT2D eigenvalue weighted by molar-refractivity contribution is 4.85. The summed E-state index contributed by atoms with van der Waals surface area (Å²) in [7, 11) is 0. The number of nitrogens with one attached hydrogen (secondary N) is 1. The maximum Gasteiger partial charge on any atom is 0.0469 e. The van der Waals surface area contributed by atoms with Gasteiger partial charge in [0.1, 0.15) is 0 Å². The van der Waals surface area contributed by atoms with Crippen LogP contribution in [-0.4, -0.2) is 31.8 Å². The minimum absolute atomic E-state index is 0.621. The largest absolute Gasteiger partial charge is 0.381 e. The summed E-state index contributed by atoms with van der Waals surface area (Å²) in [5.41, 5.74) is 5.89. The molecule has 0 aromatic rings. The third kappa shape index (κ3) is 3.67. The first-order valence-corrected chi connectivity index (χ1v) is 7.35. The van der Waals surface area contributed by atoms with Gasteiger partial charge < -0.3 is 15.8 Å². The molecule has 1 saturated heterocycles. The van der Waals surface area contributed by atoms with Crippen LogP contribution < -0.4 is 11.1 Å². The van der Waals surface area contributed by atoms with Gasteiger partial charge in [-0.15, -0.1) is 0 Å². The third-order valence-corrected chi connectivity index (χ3v) is 4.66. The molecule has 2 fully saturated rings. The van der Waals surface area contributed by atoms with Gasteiger partial charge in [-0.1, -0.05) is 12.8 Å². The lowest BCUT2D eigenvalue weighted by atomic mass is 9.83. The van der Waals surface area contributed by atoms with Crippen LogP contribution in [0.25, 0.3) is 0 Å². The van der Waals surface area contributed by atoms with E-state index in [-0.39, 0.29) is 0 Å². The van der Waals surface area contributed by atoms with Gasteiger partial charge in [-0.25, -0.2) is 0 Å². The first-order chi connectivity index (χ1) is 8.31. The summed E-state index contributed by atoms with van der Waals surface area (Å²) in [4.78, 5) is 0. The van der Waals surface area contributed by atoms with E-state index >= 15 is 0 Å². The third-order valence-electron chi connectivity index (χ3n) is 4.66. The molecule has 3 heteroatoms. The Hall–Kier alpha value is -0.120. The summed E-state index contributed by atoms with van der Waals surface area (Å²) >= 11 is 0. The van der Waals surface area contributed by atoms with Gasteiger partial charge in [-0.2, -0.15) is 0 Å². The van der Waals surface area contributed by atoms with Gasteiger partial charge >= 0.3 is 0 Å². The molecule has 1 aliphatic heterocycles. The zero-order valence-electron chi connectivity index (χ0n) is 11.2. The Morgan fingerprint density at radius 3 is 2.59 bits per heavy atom. The zero-order chi connectivity index (χ0) is 12.1. The number of rotatable bonds is 4. The van der Waals surface area contributed by atoms with Crippen LogP contribution in [0.4, 0.5) is 0 Å². The lowest BCUT2D eigenvalue weighted by Gasteiger charge is -2.37. The van der Waals surface area contributed by atoms with Crippen molar-refractivity contribution in [1.29, 1.82) is 0 Å². The summed E-state index contributed by atoms with van der Waals surface area (Å²) < 4.78 is 5.43. The Labute approximate surface area is 105 Å². The van der Waals surface area contributed by atoms with Crippen molar-refractivity contribution in [3.63, 3.8) is 0 Å². The minimum atomic E-state index is 0.621. The van der Waals surface area contributed by atoms with E-state index in [2.05, 4.69) is 12.2 Å². The zero-order valence-corrected chi connectivity index (χ0v) is 11.2. The highest BCUT2D eigenvalue weighted by atomic mass is 16.5. The second-order valence-electron chi connectivity index (χ2n) is 5.79. The molecule has 2 rings (SSSR count). The van der Waals surface area contributed by atoms with Crippen molar-refractivity contribution < 1.29 is 4.74 Å². The lowest BCUT2D eigenvalue weighted by Crippen LogP contribution is -2.48. The summed E-state index contributed by atoms with van der Waals surface area (Å²) in [6.07, 6.45) is 7.80. The van der Waals surface area contributed by atoms with Crippen molar-refractivity contribution in [2.24, 2.45) is 17.6 Å². The van der Waals surface area contributed by atoms with E-state index in [0.717, 1.165) is 25.7 Å². The number of hydrogen-bond acceptors (Lipinski definition) is 3. The second kappa shape index (κ2) is 6.72. The van der Waals surface area contributed by atoms with Gasteiger partial charge in [0.05, 0.1) is 0 Å². The van der Waals surface area contributed by atoms with E-state index in [1.165, 1.54) is 38.5 Å². The maximum atomic E-state index is 5.89. The van der Waals surface area contributed by atoms with Crippen LogP contribution in [0.3, 0.4) is 0 Å². The normalized spacial score (nSPS) is 33.5.